The van der Waals surface area contributed by atoms with E-state index in [0.717, 1.165) is 44.1 Å². The first kappa shape index (κ1) is 23.9. The predicted octanol–water partition coefficient (Wildman–Crippen LogP) is 6.01. The number of fused-ring (bicyclic) bond motifs is 1. The summed E-state index contributed by atoms with van der Waals surface area (Å²) in [5, 5.41) is 10.3. The summed E-state index contributed by atoms with van der Waals surface area (Å²) in [6.45, 7) is 10.7. The van der Waals surface area contributed by atoms with Gasteiger partial charge < -0.3 is 5.11 Å². The van der Waals surface area contributed by atoms with E-state index in [1.807, 2.05) is 38.1 Å². The molecule has 5 nitrogen and oxygen atoms in total. The van der Waals surface area contributed by atoms with Crippen LogP contribution in [0.15, 0.2) is 35.9 Å². The molecule has 7 rings (SSSR count). The number of carbonyl (C=O) groups is 3. The highest BCUT2D eigenvalue weighted by atomic mass is 16.4. The summed E-state index contributed by atoms with van der Waals surface area (Å²) in [7, 11) is 0. The van der Waals surface area contributed by atoms with Crippen LogP contribution < -0.4 is 4.90 Å². The Morgan fingerprint density at radius 2 is 1.72 bits per heavy atom. The second kappa shape index (κ2) is 7.55. The van der Waals surface area contributed by atoms with E-state index in [1.54, 1.807) is 0 Å². The van der Waals surface area contributed by atoms with Gasteiger partial charge in [0.25, 0.3) is 0 Å². The minimum atomic E-state index is -0.723. The highest BCUT2D eigenvalue weighted by molar-refractivity contribution is 6.23. The Kier molecular flexibility index (Phi) is 5.02. The maximum Gasteiger partial charge on any atom is 0.309 e. The van der Waals surface area contributed by atoms with Crippen molar-refractivity contribution in [3.05, 3.63) is 41.5 Å². The zero-order valence-corrected chi connectivity index (χ0v) is 22.2. The van der Waals surface area contributed by atoms with Crippen LogP contribution in [0.5, 0.6) is 0 Å². The molecule has 5 aliphatic carbocycles. The maximum atomic E-state index is 14.2. The number of hydrogen-bond acceptors (Lipinski definition) is 3. The highest BCUT2D eigenvalue weighted by Gasteiger charge is 2.73. The van der Waals surface area contributed by atoms with Gasteiger partial charge in [-0.1, -0.05) is 56.5 Å². The van der Waals surface area contributed by atoms with Gasteiger partial charge in [0, 0.05) is 5.41 Å². The van der Waals surface area contributed by atoms with Crippen molar-refractivity contribution in [2.45, 2.75) is 73.1 Å². The largest absolute Gasteiger partial charge is 0.481 e. The van der Waals surface area contributed by atoms with Crippen LogP contribution in [-0.2, 0) is 14.4 Å². The van der Waals surface area contributed by atoms with Gasteiger partial charge in [0.15, 0.2) is 0 Å². The first-order valence-electron chi connectivity index (χ1n) is 13.9. The molecule has 1 spiro atoms. The van der Waals surface area contributed by atoms with Crippen molar-refractivity contribution in [2.24, 2.45) is 51.8 Å². The molecule has 0 aromatic heterocycles. The fraction of sp³-hybridized carbons (Fsp3) is 0.645. The number of carboxylic acid groups (broad SMARTS) is 1. The third-order valence-corrected chi connectivity index (χ3v) is 11.5. The number of nitrogens with zero attached hydrogens (tertiary/aromatic N) is 1. The number of amides is 2. The number of allylic oxidation sites excluding steroid dienone is 2. The zero-order valence-electron chi connectivity index (χ0n) is 22.2. The smallest absolute Gasteiger partial charge is 0.309 e. The minimum absolute atomic E-state index is 0.0331. The van der Waals surface area contributed by atoms with Gasteiger partial charge in [-0.3, -0.25) is 19.3 Å². The molecule has 1 aromatic rings. The molecular weight excluding hydrogens is 450 g/mol. The van der Waals surface area contributed by atoms with Crippen LogP contribution in [0.25, 0.3) is 0 Å². The molecule has 0 unspecified atom stereocenters. The fourth-order valence-electron chi connectivity index (χ4n) is 9.91. The van der Waals surface area contributed by atoms with Gasteiger partial charge in [0.1, 0.15) is 0 Å². The normalized spacial score (nSPS) is 43.2. The van der Waals surface area contributed by atoms with E-state index >= 15 is 0 Å². The van der Waals surface area contributed by atoms with Gasteiger partial charge in [-0.15, -0.1) is 0 Å². The molecule has 1 aliphatic heterocycles. The first-order valence-corrected chi connectivity index (χ1v) is 13.9. The van der Waals surface area contributed by atoms with E-state index in [-0.39, 0.29) is 52.2 Å². The number of carbonyl (C=O) groups excluding carboxylic acids is 2. The number of anilines is 1. The third-order valence-electron chi connectivity index (χ3n) is 11.5. The lowest BCUT2D eigenvalue weighted by molar-refractivity contribution is -0.194. The molecule has 5 heteroatoms. The molecule has 2 bridgehead atoms. The van der Waals surface area contributed by atoms with Gasteiger partial charge in [-0.05, 0) is 87.2 Å². The van der Waals surface area contributed by atoms with Crippen molar-refractivity contribution in [3.8, 4) is 0 Å². The summed E-state index contributed by atoms with van der Waals surface area (Å²) in [5.74, 6) is -0.679. The molecule has 1 N–H and O–H groups in total. The number of benzene rings is 1. The Hall–Kier alpha value is -2.43. The quantitative estimate of drug-likeness (QED) is 0.417. The van der Waals surface area contributed by atoms with Crippen molar-refractivity contribution < 1.29 is 19.5 Å². The van der Waals surface area contributed by atoms with E-state index < -0.39 is 11.4 Å². The SMILES string of the molecule is Cc1ccc(N2C(=O)[C@H]3[C@@H]4C[C@@H]5[C@]6(C)CCC[C@@](C)(C(=O)O)[C@@H]6CC[C@]5(C=C4C(C)C)[C@@H]3C2=O)cc1. The Morgan fingerprint density at radius 1 is 1.03 bits per heavy atom. The number of imide groups is 1. The topological polar surface area (TPSA) is 74.7 Å². The van der Waals surface area contributed by atoms with E-state index in [0.29, 0.717) is 11.6 Å². The van der Waals surface area contributed by atoms with Gasteiger partial charge in [-0.25, -0.2) is 0 Å². The van der Waals surface area contributed by atoms with E-state index in [2.05, 4.69) is 26.8 Å². The summed E-state index contributed by atoms with van der Waals surface area (Å²) in [6, 6.07) is 7.72. The highest BCUT2D eigenvalue weighted by Crippen LogP contribution is 2.74. The van der Waals surface area contributed by atoms with Gasteiger partial charge in [0.2, 0.25) is 11.8 Å². The van der Waals surface area contributed by atoms with Crippen LogP contribution in [0.4, 0.5) is 5.69 Å². The molecule has 1 saturated heterocycles. The van der Waals surface area contributed by atoms with Crippen LogP contribution in [0.2, 0.25) is 0 Å². The van der Waals surface area contributed by atoms with E-state index in [4.69, 9.17) is 0 Å². The summed E-state index contributed by atoms with van der Waals surface area (Å²) in [4.78, 5) is 42.3. The van der Waals surface area contributed by atoms with Gasteiger partial charge >= 0.3 is 5.97 Å². The lowest BCUT2D eigenvalue weighted by Gasteiger charge is -2.68. The van der Waals surface area contributed by atoms with E-state index in [1.165, 1.54) is 10.5 Å². The first-order chi connectivity index (χ1) is 17.0. The second-order valence-corrected chi connectivity index (χ2v) is 13.3. The summed E-state index contributed by atoms with van der Waals surface area (Å²) >= 11 is 0. The van der Waals surface area contributed by atoms with Crippen LogP contribution >= 0.6 is 0 Å². The lowest BCUT2D eigenvalue weighted by Crippen LogP contribution is -2.65. The van der Waals surface area contributed by atoms with Crippen molar-refractivity contribution in [1.29, 1.82) is 0 Å². The number of hydrogen-bond donors (Lipinski definition) is 1. The molecule has 0 radical (unpaired) electrons. The molecule has 2 amide bonds. The van der Waals surface area contributed by atoms with Gasteiger partial charge in [0.05, 0.1) is 22.9 Å². The Labute approximate surface area is 214 Å². The molecule has 1 heterocycles. The fourth-order valence-corrected chi connectivity index (χ4v) is 9.91. The number of aryl methyl sites for hydroxylation is 1. The third kappa shape index (κ3) is 2.80. The van der Waals surface area contributed by atoms with Crippen LogP contribution in [0.3, 0.4) is 0 Å². The molecule has 6 aliphatic rings. The van der Waals surface area contributed by atoms with E-state index in [9.17, 15) is 19.5 Å². The summed E-state index contributed by atoms with van der Waals surface area (Å²) in [6.07, 6.45) is 7.58. The molecule has 3 saturated carbocycles. The average Bonchev–Trinajstić information content (AvgIpc) is 3.11. The lowest BCUT2D eigenvalue weighted by atomic mass is 9.34. The van der Waals surface area contributed by atoms with Gasteiger partial charge in [-0.2, -0.15) is 0 Å². The van der Waals surface area contributed by atoms with Crippen LogP contribution in [-0.4, -0.2) is 22.9 Å². The molecule has 36 heavy (non-hydrogen) atoms. The maximum absolute atomic E-state index is 14.2. The zero-order chi connectivity index (χ0) is 25.8. The van der Waals surface area contributed by atoms with Crippen molar-refractivity contribution in [3.63, 3.8) is 0 Å². The number of rotatable bonds is 3. The Bertz CT molecular complexity index is 1180. The summed E-state index contributed by atoms with van der Waals surface area (Å²) < 4.78 is 0. The minimum Gasteiger partial charge on any atom is -0.481 e. The molecule has 4 fully saturated rings. The Balaban J connectivity index is 1.49. The van der Waals surface area contributed by atoms with Crippen LogP contribution in [0.1, 0.15) is 71.8 Å². The van der Waals surface area contributed by atoms with Crippen molar-refractivity contribution in [2.75, 3.05) is 4.90 Å². The Morgan fingerprint density at radius 3 is 2.36 bits per heavy atom. The van der Waals surface area contributed by atoms with Crippen LogP contribution in [0, 0.1) is 58.7 Å². The molecule has 1 aromatic carbocycles. The average molecular weight is 490 g/mol. The molecular formula is C31H39NO4. The second-order valence-electron chi connectivity index (χ2n) is 13.3. The molecule has 192 valence electrons. The monoisotopic (exact) mass is 489 g/mol. The summed E-state index contributed by atoms with van der Waals surface area (Å²) in [5.41, 5.74) is 1.89. The predicted molar refractivity (Wildman–Crippen MR) is 138 cm³/mol. The molecule has 8 atom stereocenters. The standard InChI is InChI=1S/C31H39NO4/c1-17(2)21-16-31-14-11-22-29(4,12-6-13-30(22,5)28(35)36)23(31)15-20(21)24-25(31)27(34)32(26(24)33)19-9-7-18(3)8-10-19/h7-10,16-17,20,22-25H,6,11-15H2,1-5H3,(H,35,36)/t20-,22-,23-,24+,25+,29-,30-,31-/m1/s1. The van der Waals surface area contributed by atoms with Crippen molar-refractivity contribution >= 4 is 23.5 Å². The number of carboxylic acids is 1. The van der Waals surface area contributed by atoms with Crippen molar-refractivity contribution in [1.82, 2.24) is 0 Å². The number of aliphatic carboxylic acids is 1.